The highest BCUT2D eigenvalue weighted by molar-refractivity contribution is 6.01. The molecule has 28 heavy (non-hydrogen) atoms. The number of hydrazone groups is 1. The molecular weight excluding hydrogens is 360 g/mol. The molecule has 0 aliphatic carbocycles. The van der Waals surface area contributed by atoms with Crippen LogP contribution in [0.25, 0.3) is 11.0 Å². The molecule has 0 spiro atoms. The second-order valence-electron chi connectivity index (χ2n) is 6.31. The number of nitrogens with one attached hydrogen (secondary N) is 1. The number of aromatic amines is 1. The van der Waals surface area contributed by atoms with Gasteiger partial charge in [0.05, 0.1) is 38.4 Å². The van der Waals surface area contributed by atoms with E-state index in [2.05, 4.69) is 15.1 Å². The lowest BCUT2D eigenvalue weighted by Crippen LogP contribution is -2.17. The Morgan fingerprint density at radius 3 is 2.43 bits per heavy atom. The Labute approximate surface area is 161 Å². The summed E-state index contributed by atoms with van der Waals surface area (Å²) < 4.78 is 16.2. The number of hydrogen-bond acceptors (Lipinski definition) is 6. The molecule has 0 saturated heterocycles. The number of nitrogens with zero attached hydrogens (tertiary/aromatic N) is 3. The number of benzene rings is 2. The molecule has 1 atom stereocenters. The lowest BCUT2D eigenvalue weighted by molar-refractivity contribution is -0.119. The van der Waals surface area contributed by atoms with E-state index in [1.165, 1.54) is 5.01 Å². The number of hydrogen-bond donors (Lipinski definition) is 1. The molecule has 3 aromatic rings. The number of methoxy groups -OCH3 is 3. The second-order valence-corrected chi connectivity index (χ2v) is 6.31. The van der Waals surface area contributed by atoms with Gasteiger partial charge in [0.1, 0.15) is 5.71 Å². The van der Waals surface area contributed by atoms with Crippen LogP contribution in [-0.2, 0) is 4.79 Å². The summed E-state index contributed by atoms with van der Waals surface area (Å²) in [5.74, 6) is 2.21. The smallest absolute Gasteiger partial charge is 0.230 e. The summed E-state index contributed by atoms with van der Waals surface area (Å²) in [6, 6.07) is 11.1. The van der Waals surface area contributed by atoms with Crippen molar-refractivity contribution in [1.29, 1.82) is 0 Å². The van der Waals surface area contributed by atoms with Gasteiger partial charge in [0.2, 0.25) is 12.2 Å². The Morgan fingerprint density at radius 1 is 1.11 bits per heavy atom. The van der Waals surface area contributed by atoms with Crippen LogP contribution in [-0.4, -0.2) is 48.4 Å². The Kier molecular flexibility index (Phi) is 4.60. The first-order valence-corrected chi connectivity index (χ1v) is 8.74. The molecule has 1 aliphatic rings. The molecule has 144 valence electrons. The van der Waals surface area contributed by atoms with E-state index in [-0.39, 0.29) is 6.04 Å². The van der Waals surface area contributed by atoms with Crippen LogP contribution in [0.5, 0.6) is 17.2 Å². The summed E-state index contributed by atoms with van der Waals surface area (Å²) in [5, 5.41) is 5.85. The summed E-state index contributed by atoms with van der Waals surface area (Å²) in [4.78, 5) is 19.5. The quantitative estimate of drug-likeness (QED) is 0.664. The summed E-state index contributed by atoms with van der Waals surface area (Å²) >= 11 is 0. The van der Waals surface area contributed by atoms with Crippen LogP contribution < -0.4 is 14.2 Å². The molecule has 8 nitrogen and oxygen atoms in total. The highest BCUT2D eigenvalue weighted by Gasteiger charge is 2.31. The van der Waals surface area contributed by atoms with Gasteiger partial charge in [0, 0.05) is 6.42 Å². The third kappa shape index (κ3) is 2.92. The van der Waals surface area contributed by atoms with E-state index in [9.17, 15) is 4.79 Å². The Morgan fingerprint density at radius 2 is 1.82 bits per heavy atom. The van der Waals surface area contributed by atoms with Gasteiger partial charge in [0.15, 0.2) is 17.3 Å². The molecule has 1 aliphatic heterocycles. The minimum absolute atomic E-state index is 0.297. The van der Waals surface area contributed by atoms with E-state index in [0.717, 1.165) is 16.6 Å². The summed E-state index contributed by atoms with van der Waals surface area (Å²) in [6.45, 7) is 0. The Hall–Kier alpha value is -3.55. The zero-order valence-corrected chi connectivity index (χ0v) is 15.8. The van der Waals surface area contributed by atoms with Gasteiger partial charge in [-0.3, -0.25) is 4.79 Å². The van der Waals surface area contributed by atoms with Crippen LogP contribution in [0, 0.1) is 0 Å². The molecule has 2 heterocycles. The largest absolute Gasteiger partial charge is 0.493 e. The van der Waals surface area contributed by atoms with Gasteiger partial charge >= 0.3 is 0 Å². The van der Waals surface area contributed by atoms with Crippen LogP contribution >= 0.6 is 0 Å². The number of imidazole rings is 1. The van der Waals surface area contributed by atoms with Gasteiger partial charge in [-0.2, -0.15) is 5.10 Å². The van der Waals surface area contributed by atoms with E-state index in [1.54, 1.807) is 21.3 Å². The Bertz CT molecular complexity index is 1000. The maximum Gasteiger partial charge on any atom is 0.230 e. The van der Waals surface area contributed by atoms with Gasteiger partial charge in [-0.25, -0.2) is 9.99 Å². The standard InChI is InChI=1S/C20H20N4O4/c1-26-17-8-12(9-18(27-2)19(17)28-3)16-10-15(23-24(16)11-25)20-21-13-6-4-5-7-14(13)22-20/h4-9,11,16H,10H2,1-3H3,(H,21,22). The van der Waals surface area contributed by atoms with Gasteiger partial charge in [0.25, 0.3) is 0 Å². The van der Waals surface area contributed by atoms with Crippen molar-refractivity contribution in [2.45, 2.75) is 12.5 Å². The van der Waals surface area contributed by atoms with Crippen molar-refractivity contribution in [3.63, 3.8) is 0 Å². The predicted molar refractivity (Wildman–Crippen MR) is 104 cm³/mol. The molecule has 4 rings (SSSR count). The van der Waals surface area contributed by atoms with E-state index < -0.39 is 0 Å². The number of amides is 1. The van der Waals surface area contributed by atoms with Crippen LogP contribution in [0.3, 0.4) is 0 Å². The first-order chi connectivity index (χ1) is 13.7. The molecule has 1 aromatic heterocycles. The average Bonchev–Trinajstić information content (AvgIpc) is 3.36. The second kappa shape index (κ2) is 7.22. The van der Waals surface area contributed by atoms with Crippen molar-refractivity contribution >= 4 is 23.2 Å². The highest BCUT2D eigenvalue weighted by atomic mass is 16.5. The fraction of sp³-hybridized carbons (Fsp3) is 0.250. The van der Waals surface area contributed by atoms with Gasteiger partial charge < -0.3 is 19.2 Å². The van der Waals surface area contributed by atoms with Gasteiger partial charge in [-0.05, 0) is 29.8 Å². The minimum atomic E-state index is -0.297. The topological polar surface area (TPSA) is 89.0 Å². The van der Waals surface area contributed by atoms with Crippen LogP contribution in [0.15, 0.2) is 41.5 Å². The summed E-state index contributed by atoms with van der Waals surface area (Å²) in [7, 11) is 4.67. The molecule has 0 fully saturated rings. The molecule has 1 N–H and O–H groups in total. The monoisotopic (exact) mass is 380 g/mol. The molecule has 1 unspecified atom stereocenters. The average molecular weight is 380 g/mol. The minimum Gasteiger partial charge on any atom is -0.493 e. The van der Waals surface area contributed by atoms with E-state index in [0.29, 0.717) is 41.6 Å². The number of rotatable bonds is 6. The van der Waals surface area contributed by atoms with E-state index in [1.807, 2.05) is 36.4 Å². The third-order valence-corrected chi connectivity index (χ3v) is 4.78. The van der Waals surface area contributed by atoms with Crippen LogP contribution in [0.2, 0.25) is 0 Å². The van der Waals surface area contributed by atoms with Gasteiger partial charge in [-0.1, -0.05) is 12.1 Å². The predicted octanol–water partition coefficient (Wildman–Crippen LogP) is 2.90. The van der Waals surface area contributed by atoms with Crippen molar-refractivity contribution in [3.05, 3.63) is 47.8 Å². The third-order valence-electron chi connectivity index (χ3n) is 4.78. The summed E-state index contributed by atoms with van der Waals surface area (Å²) in [5.41, 5.74) is 3.32. The first-order valence-electron chi connectivity index (χ1n) is 8.74. The number of carbonyl (C=O) groups is 1. The van der Waals surface area contributed by atoms with Crippen molar-refractivity contribution in [2.75, 3.05) is 21.3 Å². The van der Waals surface area contributed by atoms with E-state index in [4.69, 9.17) is 14.2 Å². The highest BCUT2D eigenvalue weighted by Crippen LogP contribution is 2.42. The molecule has 0 radical (unpaired) electrons. The summed E-state index contributed by atoms with van der Waals surface area (Å²) in [6.07, 6.45) is 1.22. The number of para-hydroxylation sites is 2. The normalized spacial score (nSPS) is 16.2. The van der Waals surface area contributed by atoms with E-state index >= 15 is 0 Å². The fourth-order valence-corrected chi connectivity index (χ4v) is 3.42. The SMILES string of the molecule is COc1cc(C2CC(c3nc4ccccc4[nH]3)=NN2C=O)cc(OC)c1OC. The molecular formula is C20H20N4O4. The maximum atomic E-state index is 11.7. The first kappa shape index (κ1) is 17.8. The van der Waals surface area contributed by atoms with Crippen molar-refractivity contribution < 1.29 is 19.0 Å². The lowest BCUT2D eigenvalue weighted by atomic mass is 10.0. The number of ether oxygens (including phenoxy) is 3. The zero-order valence-electron chi connectivity index (χ0n) is 15.8. The molecule has 8 heteroatoms. The zero-order chi connectivity index (χ0) is 19.7. The van der Waals surface area contributed by atoms with Crippen LogP contribution in [0.1, 0.15) is 23.9 Å². The van der Waals surface area contributed by atoms with Crippen LogP contribution in [0.4, 0.5) is 0 Å². The van der Waals surface area contributed by atoms with Gasteiger partial charge in [-0.15, -0.1) is 0 Å². The lowest BCUT2D eigenvalue weighted by Gasteiger charge is -2.20. The fourth-order valence-electron chi connectivity index (χ4n) is 3.42. The molecule has 1 amide bonds. The number of fused-ring (bicyclic) bond motifs is 1. The Balaban J connectivity index is 1.71. The number of H-pyrrole nitrogens is 1. The molecule has 0 saturated carbocycles. The van der Waals surface area contributed by atoms with Crippen molar-refractivity contribution in [3.8, 4) is 17.2 Å². The van der Waals surface area contributed by atoms with Crippen molar-refractivity contribution in [2.24, 2.45) is 5.10 Å². The number of aromatic nitrogens is 2. The van der Waals surface area contributed by atoms with Crippen molar-refractivity contribution in [1.82, 2.24) is 15.0 Å². The maximum absolute atomic E-state index is 11.7. The molecule has 2 aromatic carbocycles. The molecule has 0 bridgehead atoms. The number of carbonyl (C=O) groups excluding carboxylic acids is 1.